The average Bonchev–Trinajstić information content (AvgIpc) is 2.93. The van der Waals surface area contributed by atoms with Crippen LogP contribution in [-0.2, 0) is 11.8 Å². The minimum absolute atomic E-state index is 0.231. The van der Waals surface area contributed by atoms with Gasteiger partial charge in [0, 0.05) is 19.6 Å². The third-order valence-corrected chi connectivity index (χ3v) is 3.75. The summed E-state index contributed by atoms with van der Waals surface area (Å²) in [5, 5.41) is 7.85. The fraction of sp³-hybridized carbons (Fsp3) is 0.769. The van der Waals surface area contributed by atoms with Crippen molar-refractivity contribution in [1.29, 1.82) is 0 Å². The van der Waals surface area contributed by atoms with Crippen molar-refractivity contribution < 1.29 is 9.47 Å². The zero-order chi connectivity index (χ0) is 13.1. The first-order valence-corrected chi connectivity index (χ1v) is 6.59. The monoisotopic (exact) mass is 253 g/mol. The molecule has 0 aromatic carbocycles. The van der Waals surface area contributed by atoms with E-state index in [0.717, 1.165) is 31.0 Å². The summed E-state index contributed by atoms with van der Waals surface area (Å²) in [7, 11) is 3.65. The molecule has 1 aliphatic rings. The van der Waals surface area contributed by atoms with E-state index in [0.29, 0.717) is 5.92 Å². The number of nitrogens with one attached hydrogen (secondary N) is 1. The Hall–Kier alpha value is -1.07. The maximum Gasteiger partial charge on any atom is 0.161 e. The fourth-order valence-electron chi connectivity index (χ4n) is 2.80. The van der Waals surface area contributed by atoms with Gasteiger partial charge in [-0.25, -0.2) is 0 Å². The van der Waals surface area contributed by atoms with Crippen LogP contribution in [0, 0.1) is 5.92 Å². The van der Waals surface area contributed by atoms with Crippen LogP contribution in [0.3, 0.4) is 0 Å². The van der Waals surface area contributed by atoms with Crippen molar-refractivity contribution >= 4 is 0 Å². The number of rotatable bonds is 5. The van der Waals surface area contributed by atoms with E-state index in [2.05, 4.69) is 24.3 Å². The average molecular weight is 253 g/mol. The summed E-state index contributed by atoms with van der Waals surface area (Å²) in [4.78, 5) is 0. The quantitative estimate of drug-likeness (QED) is 0.864. The Balaban J connectivity index is 2.31. The number of aryl methyl sites for hydroxylation is 1. The highest BCUT2D eigenvalue weighted by Gasteiger charge is 2.35. The summed E-state index contributed by atoms with van der Waals surface area (Å²) in [6.07, 6.45) is 3.13. The molecule has 1 N–H and O–H groups in total. The predicted octanol–water partition coefficient (Wildman–Crippen LogP) is 1.50. The number of ether oxygens (including phenoxy) is 2. The molecule has 1 aromatic rings. The van der Waals surface area contributed by atoms with Crippen molar-refractivity contribution in [3.05, 3.63) is 11.9 Å². The Kier molecular flexibility index (Phi) is 4.24. The molecule has 1 aromatic heterocycles. The summed E-state index contributed by atoms with van der Waals surface area (Å²) in [5.41, 5.74) is 1.11. The molecule has 0 saturated carbocycles. The van der Waals surface area contributed by atoms with Crippen LogP contribution in [0.5, 0.6) is 5.75 Å². The second-order valence-corrected chi connectivity index (χ2v) is 4.79. The topological polar surface area (TPSA) is 48.3 Å². The Morgan fingerprint density at radius 1 is 1.67 bits per heavy atom. The van der Waals surface area contributed by atoms with Crippen molar-refractivity contribution in [2.45, 2.75) is 32.4 Å². The summed E-state index contributed by atoms with van der Waals surface area (Å²) in [6.45, 7) is 6.03. The highest BCUT2D eigenvalue weighted by molar-refractivity contribution is 5.29. The van der Waals surface area contributed by atoms with Crippen LogP contribution in [-0.4, -0.2) is 36.1 Å². The SMILES string of the molecule is CCNC(c1c(OC)cnn1C)C1CCOC1C. The van der Waals surface area contributed by atoms with Crippen molar-refractivity contribution in [2.75, 3.05) is 20.3 Å². The molecule has 1 saturated heterocycles. The number of methoxy groups -OCH3 is 1. The van der Waals surface area contributed by atoms with Crippen molar-refractivity contribution in [2.24, 2.45) is 13.0 Å². The molecule has 0 bridgehead atoms. The van der Waals surface area contributed by atoms with Gasteiger partial charge in [0.15, 0.2) is 5.75 Å². The molecule has 3 unspecified atom stereocenters. The highest BCUT2D eigenvalue weighted by atomic mass is 16.5. The molecule has 102 valence electrons. The molecular weight excluding hydrogens is 230 g/mol. The van der Waals surface area contributed by atoms with Crippen molar-refractivity contribution in [3.8, 4) is 5.75 Å². The van der Waals surface area contributed by atoms with E-state index < -0.39 is 0 Å². The zero-order valence-electron chi connectivity index (χ0n) is 11.6. The maximum absolute atomic E-state index is 5.69. The van der Waals surface area contributed by atoms with E-state index in [-0.39, 0.29) is 12.1 Å². The molecule has 5 nitrogen and oxygen atoms in total. The first-order valence-electron chi connectivity index (χ1n) is 6.59. The molecule has 1 fully saturated rings. The van der Waals surface area contributed by atoms with Crippen LogP contribution in [0.15, 0.2) is 6.20 Å². The smallest absolute Gasteiger partial charge is 0.161 e. The van der Waals surface area contributed by atoms with Crippen LogP contribution in [0.1, 0.15) is 32.0 Å². The van der Waals surface area contributed by atoms with Gasteiger partial charge in [-0.05, 0) is 19.9 Å². The van der Waals surface area contributed by atoms with E-state index in [1.54, 1.807) is 13.3 Å². The fourth-order valence-corrected chi connectivity index (χ4v) is 2.80. The van der Waals surface area contributed by atoms with Gasteiger partial charge < -0.3 is 14.8 Å². The molecule has 2 rings (SSSR count). The summed E-state index contributed by atoms with van der Waals surface area (Å²) < 4.78 is 13.0. The second kappa shape index (κ2) is 5.71. The molecule has 0 spiro atoms. The van der Waals surface area contributed by atoms with Crippen molar-refractivity contribution in [3.63, 3.8) is 0 Å². The molecule has 0 radical (unpaired) electrons. The minimum Gasteiger partial charge on any atom is -0.493 e. The molecular formula is C13H23N3O2. The molecule has 0 amide bonds. The van der Waals surface area contributed by atoms with E-state index in [4.69, 9.17) is 9.47 Å². The number of hydrogen-bond acceptors (Lipinski definition) is 4. The lowest BCUT2D eigenvalue weighted by Gasteiger charge is -2.27. The lowest BCUT2D eigenvalue weighted by molar-refractivity contribution is 0.0943. The van der Waals surface area contributed by atoms with Gasteiger partial charge >= 0.3 is 0 Å². The summed E-state index contributed by atoms with van der Waals surface area (Å²) in [6, 6.07) is 0.231. The Labute approximate surface area is 108 Å². The lowest BCUT2D eigenvalue weighted by Crippen LogP contribution is -2.33. The van der Waals surface area contributed by atoms with Crippen LogP contribution in [0.4, 0.5) is 0 Å². The van der Waals surface area contributed by atoms with Crippen LogP contribution in [0.2, 0.25) is 0 Å². The number of hydrogen-bond donors (Lipinski definition) is 1. The zero-order valence-corrected chi connectivity index (χ0v) is 11.6. The van der Waals surface area contributed by atoms with E-state index in [1.165, 1.54) is 0 Å². The van der Waals surface area contributed by atoms with E-state index in [9.17, 15) is 0 Å². The van der Waals surface area contributed by atoms with Gasteiger partial charge in [0.05, 0.1) is 31.1 Å². The van der Waals surface area contributed by atoms with Gasteiger partial charge in [0.1, 0.15) is 0 Å². The maximum atomic E-state index is 5.69. The third-order valence-electron chi connectivity index (χ3n) is 3.75. The number of aromatic nitrogens is 2. The molecule has 1 aliphatic heterocycles. The van der Waals surface area contributed by atoms with Gasteiger partial charge in [0.25, 0.3) is 0 Å². The molecule has 2 heterocycles. The van der Waals surface area contributed by atoms with Crippen LogP contribution in [0.25, 0.3) is 0 Å². The highest BCUT2D eigenvalue weighted by Crippen LogP contribution is 2.36. The largest absolute Gasteiger partial charge is 0.493 e. The van der Waals surface area contributed by atoms with Gasteiger partial charge in [-0.15, -0.1) is 0 Å². The van der Waals surface area contributed by atoms with Gasteiger partial charge in [-0.3, -0.25) is 4.68 Å². The van der Waals surface area contributed by atoms with Gasteiger partial charge in [-0.2, -0.15) is 5.10 Å². The first kappa shape index (κ1) is 13.4. The second-order valence-electron chi connectivity index (χ2n) is 4.79. The Bertz CT molecular complexity index is 392. The molecule has 0 aliphatic carbocycles. The van der Waals surface area contributed by atoms with Gasteiger partial charge in [0.2, 0.25) is 0 Å². The predicted molar refractivity (Wildman–Crippen MR) is 69.7 cm³/mol. The summed E-state index contributed by atoms with van der Waals surface area (Å²) >= 11 is 0. The standard InChI is InChI=1S/C13H23N3O2/c1-5-14-12(10-6-7-18-9(10)2)13-11(17-4)8-15-16(13)3/h8-10,12,14H,5-7H2,1-4H3. The molecule has 5 heteroatoms. The third kappa shape index (κ3) is 2.37. The minimum atomic E-state index is 0.231. The van der Waals surface area contributed by atoms with Crippen LogP contribution >= 0.6 is 0 Å². The normalized spacial score (nSPS) is 25.3. The van der Waals surface area contributed by atoms with E-state index in [1.807, 2.05) is 11.7 Å². The molecule has 3 atom stereocenters. The van der Waals surface area contributed by atoms with Crippen LogP contribution < -0.4 is 10.1 Å². The van der Waals surface area contributed by atoms with E-state index >= 15 is 0 Å². The molecule has 18 heavy (non-hydrogen) atoms. The van der Waals surface area contributed by atoms with Crippen molar-refractivity contribution in [1.82, 2.24) is 15.1 Å². The summed E-state index contributed by atoms with van der Waals surface area (Å²) in [5.74, 6) is 1.32. The number of nitrogens with zero attached hydrogens (tertiary/aromatic N) is 2. The Morgan fingerprint density at radius 2 is 2.44 bits per heavy atom. The Morgan fingerprint density at radius 3 is 3.00 bits per heavy atom. The van der Waals surface area contributed by atoms with Gasteiger partial charge in [-0.1, -0.05) is 6.92 Å². The lowest BCUT2D eigenvalue weighted by atomic mass is 9.90. The first-order chi connectivity index (χ1) is 8.69.